The van der Waals surface area contributed by atoms with E-state index in [9.17, 15) is 26.0 Å². The van der Waals surface area contributed by atoms with Crippen LogP contribution in [0.2, 0.25) is 0 Å². The van der Waals surface area contributed by atoms with Crippen molar-refractivity contribution in [2.24, 2.45) is 0 Å². The molecule has 0 bridgehead atoms. The number of alkyl halides is 3. The Balaban J connectivity index is 2.48. The summed E-state index contributed by atoms with van der Waals surface area (Å²) in [7, 11) is -4.69. The fourth-order valence-electron chi connectivity index (χ4n) is 1.79. The smallest absolute Gasteiger partial charge is 0.407 e. The molecule has 2 rings (SSSR count). The van der Waals surface area contributed by atoms with E-state index in [4.69, 9.17) is 4.74 Å². The Morgan fingerprint density at radius 3 is 2.60 bits per heavy atom. The van der Waals surface area contributed by atoms with E-state index in [0.29, 0.717) is 11.2 Å². The first-order valence-corrected chi connectivity index (χ1v) is 7.15. The highest BCUT2D eigenvalue weighted by Gasteiger charge is 2.48. The predicted octanol–water partition coefficient (Wildman–Crippen LogP) is 2.31. The lowest BCUT2D eigenvalue weighted by Crippen LogP contribution is -2.47. The summed E-state index contributed by atoms with van der Waals surface area (Å²) in [6, 6.07) is 3.07. The van der Waals surface area contributed by atoms with E-state index >= 15 is 0 Å². The molecule has 1 aromatic rings. The van der Waals surface area contributed by atoms with Crippen molar-refractivity contribution in [3.63, 3.8) is 0 Å². The summed E-state index contributed by atoms with van der Waals surface area (Å²) < 4.78 is 80.9. The summed E-state index contributed by atoms with van der Waals surface area (Å²) in [6.45, 7) is 0.172. The summed E-state index contributed by atoms with van der Waals surface area (Å²) >= 11 is 0. The van der Waals surface area contributed by atoms with E-state index in [1.807, 2.05) is 0 Å². The molecule has 1 aliphatic rings. The van der Waals surface area contributed by atoms with Gasteiger partial charge in [0.05, 0.1) is 12.2 Å². The lowest BCUT2D eigenvalue weighted by atomic mass is 10.2. The van der Waals surface area contributed by atoms with E-state index in [1.54, 1.807) is 0 Å². The van der Waals surface area contributed by atoms with Gasteiger partial charge in [-0.3, -0.25) is 4.31 Å². The van der Waals surface area contributed by atoms with Gasteiger partial charge in [0, 0.05) is 6.07 Å². The van der Waals surface area contributed by atoms with Crippen molar-refractivity contribution in [1.82, 2.24) is 0 Å². The van der Waals surface area contributed by atoms with Gasteiger partial charge >= 0.3 is 6.18 Å². The van der Waals surface area contributed by atoms with Gasteiger partial charge in [0.1, 0.15) is 18.2 Å². The first-order valence-electron chi connectivity index (χ1n) is 5.64. The summed E-state index contributed by atoms with van der Waals surface area (Å²) in [4.78, 5) is 0. The average molecular weight is 313 g/mol. The molecule has 1 aromatic carbocycles. The second kappa shape index (κ2) is 4.80. The fraction of sp³-hybridized carbons (Fsp3) is 0.455. The highest BCUT2D eigenvalue weighted by molar-refractivity contribution is 7.93. The highest BCUT2D eigenvalue weighted by Crippen LogP contribution is 2.37. The van der Waals surface area contributed by atoms with Crippen molar-refractivity contribution >= 4 is 15.7 Å². The van der Waals surface area contributed by atoms with Crippen LogP contribution in [0.3, 0.4) is 0 Å². The molecule has 0 spiro atoms. The minimum Gasteiger partial charge on any atom is -0.489 e. The van der Waals surface area contributed by atoms with Crippen LogP contribution < -0.4 is 9.04 Å². The second-order valence-electron chi connectivity index (χ2n) is 4.26. The molecule has 0 unspecified atom stereocenters. The van der Waals surface area contributed by atoms with Gasteiger partial charge in [0.25, 0.3) is 0 Å². The molecule has 0 aromatic heterocycles. The number of fused-ring (bicyclic) bond motifs is 1. The molecule has 1 atom stereocenters. The standard InChI is InChI=1S/C11H11F4NO3S/c1-7(11(13,14)15)20(17,18)16-4-5-19-10-3-2-8(12)6-9(10)16/h2-3,6-7H,4-5H2,1H3/t7-/m1/s1. The van der Waals surface area contributed by atoms with Crippen LogP contribution in [0.4, 0.5) is 23.2 Å². The maximum Gasteiger partial charge on any atom is 0.407 e. The van der Waals surface area contributed by atoms with Gasteiger partial charge in [-0.25, -0.2) is 12.8 Å². The number of anilines is 1. The lowest BCUT2D eigenvalue weighted by Gasteiger charge is -2.32. The van der Waals surface area contributed by atoms with Gasteiger partial charge in [-0.15, -0.1) is 0 Å². The van der Waals surface area contributed by atoms with Crippen LogP contribution in [0, 0.1) is 5.82 Å². The summed E-state index contributed by atoms with van der Waals surface area (Å²) in [5.74, 6) is -0.718. The van der Waals surface area contributed by atoms with Gasteiger partial charge in [-0.1, -0.05) is 0 Å². The third-order valence-electron chi connectivity index (χ3n) is 2.96. The fourth-order valence-corrected chi connectivity index (χ4v) is 3.26. The number of ether oxygens (including phenoxy) is 1. The van der Waals surface area contributed by atoms with Gasteiger partial charge < -0.3 is 4.74 Å². The third kappa shape index (κ3) is 2.54. The number of benzene rings is 1. The van der Waals surface area contributed by atoms with Crippen LogP contribution in [0.15, 0.2) is 18.2 Å². The topological polar surface area (TPSA) is 46.6 Å². The zero-order valence-electron chi connectivity index (χ0n) is 10.3. The third-order valence-corrected chi connectivity index (χ3v) is 5.11. The number of halogens is 4. The van der Waals surface area contributed by atoms with E-state index in [0.717, 1.165) is 12.1 Å². The maximum atomic E-state index is 13.2. The number of rotatable bonds is 2. The molecule has 0 saturated heterocycles. The zero-order chi connectivity index (χ0) is 15.1. The minimum absolute atomic E-state index is 0.0376. The molecule has 0 saturated carbocycles. The molecule has 20 heavy (non-hydrogen) atoms. The molecule has 112 valence electrons. The molecule has 1 aliphatic heterocycles. The maximum absolute atomic E-state index is 13.2. The average Bonchev–Trinajstić information content (AvgIpc) is 2.35. The SMILES string of the molecule is C[C@H](C(F)(F)F)S(=O)(=O)N1CCOc2ccc(F)cc21. The van der Waals surface area contributed by atoms with Crippen molar-refractivity contribution < 1.29 is 30.7 Å². The van der Waals surface area contributed by atoms with E-state index in [2.05, 4.69) is 0 Å². The number of hydrogen-bond acceptors (Lipinski definition) is 3. The molecule has 0 radical (unpaired) electrons. The molecular weight excluding hydrogens is 302 g/mol. The van der Waals surface area contributed by atoms with E-state index in [1.165, 1.54) is 6.07 Å². The molecule has 9 heteroatoms. The van der Waals surface area contributed by atoms with Gasteiger partial charge in [0.15, 0.2) is 5.25 Å². The molecule has 0 N–H and O–H groups in total. The minimum atomic E-state index is -4.90. The first-order chi connectivity index (χ1) is 9.14. The molecule has 4 nitrogen and oxygen atoms in total. The van der Waals surface area contributed by atoms with Crippen LogP contribution in [0.5, 0.6) is 5.75 Å². The molecule has 0 aliphatic carbocycles. The second-order valence-corrected chi connectivity index (χ2v) is 6.44. The summed E-state index contributed by atoms with van der Waals surface area (Å²) in [5.41, 5.74) is -0.215. The number of nitrogens with zero attached hydrogens (tertiary/aromatic N) is 1. The van der Waals surface area contributed by atoms with Crippen molar-refractivity contribution in [2.75, 3.05) is 17.5 Å². The monoisotopic (exact) mass is 313 g/mol. The number of hydrogen-bond donors (Lipinski definition) is 0. The highest BCUT2D eigenvalue weighted by atomic mass is 32.2. The first kappa shape index (κ1) is 14.9. The predicted molar refractivity (Wildman–Crippen MR) is 63.7 cm³/mol. The van der Waals surface area contributed by atoms with Gasteiger partial charge in [-0.2, -0.15) is 13.2 Å². The van der Waals surface area contributed by atoms with Gasteiger partial charge in [0.2, 0.25) is 10.0 Å². The van der Waals surface area contributed by atoms with Crippen LogP contribution in [-0.2, 0) is 10.0 Å². The molecular formula is C11H11F4NO3S. The Labute approximate surface area is 113 Å². The van der Waals surface area contributed by atoms with Gasteiger partial charge in [-0.05, 0) is 19.1 Å². The van der Waals surface area contributed by atoms with Crippen molar-refractivity contribution in [3.05, 3.63) is 24.0 Å². The Bertz CT molecular complexity index is 615. The molecule has 1 heterocycles. The molecule has 0 amide bonds. The zero-order valence-corrected chi connectivity index (χ0v) is 11.1. The Kier molecular flexibility index (Phi) is 3.57. The van der Waals surface area contributed by atoms with Crippen molar-refractivity contribution in [3.8, 4) is 5.75 Å². The molecule has 0 fully saturated rings. The van der Waals surface area contributed by atoms with E-state index in [-0.39, 0.29) is 24.6 Å². The Morgan fingerprint density at radius 1 is 1.35 bits per heavy atom. The quantitative estimate of drug-likeness (QED) is 0.787. The van der Waals surface area contributed by atoms with Crippen LogP contribution >= 0.6 is 0 Å². The summed E-state index contributed by atoms with van der Waals surface area (Å²) in [5, 5.41) is -2.58. The van der Waals surface area contributed by atoms with Crippen molar-refractivity contribution in [1.29, 1.82) is 0 Å². The van der Waals surface area contributed by atoms with Crippen LogP contribution in [-0.4, -0.2) is 33.0 Å². The van der Waals surface area contributed by atoms with Crippen LogP contribution in [0.1, 0.15) is 6.92 Å². The Morgan fingerprint density at radius 2 is 2.00 bits per heavy atom. The number of sulfonamides is 1. The normalized spacial score (nSPS) is 17.4. The van der Waals surface area contributed by atoms with Crippen LogP contribution in [0.25, 0.3) is 0 Å². The lowest BCUT2D eigenvalue weighted by molar-refractivity contribution is -0.126. The van der Waals surface area contributed by atoms with E-state index < -0.39 is 27.3 Å². The summed E-state index contributed by atoms with van der Waals surface area (Å²) in [6.07, 6.45) is -4.90. The largest absolute Gasteiger partial charge is 0.489 e. The van der Waals surface area contributed by atoms with Crippen molar-refractivity contribution in [2.45, 2.75) is 18.3 Å². The Hall–Kier alpha value is -1.51.